The molecule has 0 radical (unpaired) electrons. The molecular formula is C28H31N3O5. The predicted octanol–water partition coefficient (Wildman–Crippen LogP) is 3.38. The van der Waals surface area contributed by atoms with E-state index < -0.39 is 17.9 Å². The summed E-state index contributed by atoms with van der Waals surface area (Å²) in [7, 11) is 0. The second-order valence-electron chi connectivity index (χ2n) is 8.86. The minimum Gasteiger partial charge on any atom is -0.459 e. The SMILES string of the molecule is Cc1ccc(CN(C(=O)CNC(=O)c2ccco2)[C@H](C(=O)NC[C@H]2CCCO2)c2ccccc2)cc1. The number of carbonyl (C=O) groups excluding carboxylic acids is 3. The molecule has 8 nitrogen and oxygen atoms in total. The Kier molecular flexibility index (Phi) is 8.52. The van der Waals surface area contributed by atoms with E-state index in [4.69, 9.17) is 9.15 Å². The molecule has 2 heterocycles. The molecule has 4 rings (SSSR count). The first kappa shape index (κ1) is 25.2. The van der Waals surface area contributed by atoms with Crippen LogP contribution >= 0.6 is 0 Å². The summed E-state index contributed by atoms with van der Waals surface area (Å²) in [5.41, 5.74) is 2.65. The molecule has 36 heavy (non-hydrogen) atoms. The van der Waals surface area contributed by atoms with Crippen molar-refractivity contribution < 1.29 is 23.5 Å². The van der Waals surface area contributed by atoms with Crippen LogP contribution in [0, 0.1) is 6.92 Å². The van der Waals surface area contributed by atoms with Crippen LogP contribution in [0.15, 0.2) is 77.4 Å². The second kappa shape index (κ2) is 12.2. The predicted molar refractivity (Wildman–Crippen MR) is 134 cm³/mol. The van der Waals surface area contributed by atoms with Crippen molar-refractivity contribution in [1.29, 1.82) is 0 Å². The van der Waals surface area contributed by atoms with Crippen LogP contribution in [0.5, 0.6) is 0 Å². The number of carbonyl (C=O) groups is 3. The average molecular weight is 490 g/mol. The highest BCUT2D eigenvalue weighted by Crippen LogP contribution is 2.24. The summed E-state index contributed by atoms with van der Waals surface area (Å²) < 4.78 is 10.8. The van der Waals surface area contributed by atoms with Gasteiger partial charge >= 0.3 is 0 Å². The summed E-state index contributed by atoms with van der Waals surface area (Å²) in [4.78, 5) is 41.0. The van der Waals surface area contributed by atoms with E-state index in [9.17, 15) is 14.4 Å². The van der Waals surface area contributed by atoms with Gasteiger partial charge in [-0.15, -0.1) is 0 Å². The molecule has 1 fully saturated rings. The van der Waals surface area contributed by atoms with Gasteiger partial charge in [-0.3, -0.25) is 14.4 Å². The Balaban J connectivity index is 1.58. The molecule has 2 N–H and O–H groups in total. The molecule has 2 aromatic carbocycles. The van der Waals surface area contributed by atoms with Gasteiger partial charge in [-0.25, -0.2) is 0 Å². The molecular weight excluding hydrogens is 458 g/mol. The average Bonchev–Trinajstić information content (AvgIpc) is 3.62. The van der Waals surface area contributed by atoms with Crippen molar-refractivity contribution in [2.24, 2.45) is 0 Å². The topological polar surface area (TPSA) is 101 Å². The van der Waals surface area contributed by atoms with Crippen LogP contribution in [-0.2, 0) is 20.9 Å². The van der Waals surface area contributed by atoms with E-state index in [0.717, 1.165) is 24.0 Å². The Morgan fingerprint density at radius 2 is 1.78 bits per heavy atom. The zero-order valence-corrected chi connectivity index (χ0v) is 20.3. The van der Waals surface area contributed by atoms with E-state index in [-0.39, 0.29) is 30.9 Å². The number of hydrogen-bond donors (Lipinski definition) is 2. The highest BCUT2D eigenvalue weighted by molar-refractivity contribution is 5.95. The number of rotatable bonds is 10. The Morgan fingerprint density at radius 3 is 2.44 bits per heavy atom. The molecule has 1 aromatic heterocycles. The van der Waals surface area contributed by atoms with E-state index >= 15 is 0 Å². The van der Waals surface area contributed by atoms with Crippen LogP contribution in [0.2, 0.25) is 0 Å². The highest BCUT2D eigenvalue weighted by Gasteiger charge is 2.32. The number of benzene rings is 2. The van der Waals surface area contributed by atoms with Crippen LogP contribution in [0.1, 0.15) is 46.1 Å². The maximum absolute atomic E-state index is 13.6. The van der Waals surface area contributed by atoms with Crippen molar-refractivity contribution in [3.8, 4) is 0 Å². The number of nitrogens with one attached hydrogen (secondary N) is 2. The fourth-order valence-electron chi connectivity index (χ4n) is 4.19. The molecule has 8 heteroatoms. The molecule has 0 aliphatic carbocycles. The van der Waals surface area contributed by atoms with Gasteiger partial charge in [-0.2, -0.15) is 0 Å². The van der Waals surface area contributed by atoms with Crippen molar-refractivity contribution in [3.05, 3.63) is 95.4 Å². The van der Waals surface area contributed by atoms with Crippen molar-refractivity contribution >= 4 is 17.7 Å². The van der Waals surface area contributed by atoms with E-state index in [1.54, 1.807) is 6.07 Å². The van der Waals surface area contributed by atoms with Crippen molar-refractivity contribution in [3.63, 3.8) is 0 Å². The summed E-state index contributed by atoms with van der Waals surface area (Å²) >= 11 is 0. The van der Waals surface area contributed by atoms with Gasteiger partial charge in [0.25, 0.3) is 5.91 Å². The number of amides is 3. The standard InChI is InChI=1S/C28H31N3O5/c1-20-11-13-21(14-12-20)19-31(25(32)18-30-27(33)24-10-6-16-36-24)26(22-7-3-2-4-8-22)28(34)29-17-23-9-5-15-35-23/h2-4,6-8,10-14,16,23,26H,5,9,15,17-19H2,1H3,(H,29,34)(H,30,33)/t23-,26+/m1/s1. The normalized spacial score (nSPS) is 15.8. The van der Waals surface area contributed by atoms with Gasteiger partial charge in [-0.05, 0) is 43.0 Å². The Hall–Kier alpha value is -3.91. The molecule has 3 aromatic rings. The molecule has 1 saturated heterocycles. The molecule has 2 atom stereocenters. The first-order chi connectivity index (χ1) is 17.5. The molecule has 188 valence electrons. The lowest BCUT2D eigenvalue weighted by Gasteiger charge is -2.32. The smallest absolute Gasteiger partial charge is 0.287 e. The number of hydrogen-bond acceptors (Lipinski definition) is 5. The molecule has 0 bridgehead atoms. The van der Waals surface area contributed by atoms with Gasteiger partial charge < -0.3 is 24.7 Å². The van der Waals surface area contributed by atoms with Crippen LogP contribution in [0.25, 0.3) is 0 Å². The first-order valence-electron chi connectivity index (χ1n) is 12.1. The van der Waals surface area contributed by atoms with Crippen LogP contribution < -0.4 is 10.6 Å². The van der Waals surface area contributed by atoms with Crippen molar-refractivity contribution in [2.45, 2.75) is 38.5 Å². The number of ether oxygens (including phenoxy) is 1. The minimum absolute atomic E-state index is 0.0285. The Labute approximate surface area is 210 Å². The van der Waals surface area contributed by atoms with E-state index in [2.05, 4.69) is 10.6 Å². The second-order valence-corrected chi connectivity index (χ2v) is 8.86. The summed E-state index contributed by atoms with van der Waals surface area (Å²) in [6.07, 6.45) is 3.22. The van der Waals surface area contributed by atoms with Crippen molar-refractivity contribution in [1.82, 2.24) is 15.5 Å². The fourth-order valence-corrected chi connectivity index (χ4v) is 4.19. The van der Waals surface area contributed by atoms with E-state index in [1.807, 2.05) is 61.5 Å². The minimum atomic E-state index is -0.887. The summed E-state index contributed by atoms with van der Waals surface area (Å²) in [5.74, 6) is -1.07. The third kappa shape index (κ3) is 6.60. The lowest BCUT2D eigenvalue weighted by atomic mass is 10.0. The van der Waals surface area contributed by atoms with Crippen LogP contribution in [0.4, 0.5) is 0 Å². The monoisotopic (exact) mass is 489 g/mol. The van der Waals surface area contributed by atoms with Gasteiger partial charge in [0.15, 0.2) is 5.76 Å². The Morgan fingerprint density at radius 1 is 1.00 bits per heavy atom. The number of furan rings is 1. The van der Waals surface area contributed by atoms with Crippen molar-refractivity contribution in [2.75, 3.05) is 19.7 Å². The fraction of sp³-hybridized carbons (Fsp3) is 0.321. The van der Waals surface area contributed by atoms with E-state index in [0.29, 0.717) is 18.7 Å². The molecule has 1 aliphatic heterocycles. The molecule has 0 spiro atoms. The lowest BCUT2D eigenvalue weighted by molar-refractivity contribution is -0.141. The molecule has 0 saturated carbocycles. The Bertz CT molecular complexity index is 1140. The summed E-state index contributed by atoms with van der Waals surface area (Å²) in [6.45, 7) is 2.97. The van der Waals surface area contributed by atoms with Gasteiger partial charge in [0, 0.05) is 19.7 Å². The van der Waals surface area contributed by atoms with Gasteiger partial charge in [0.2, 0.25) is 11.8 Å². The maximum Gasteiger partial charge on any atom is 0.287 e. The number of aryl methyl sites for hydroxylation is 1. The molecule has 0 unspecified atom stereocenters. The van der Waals surface area contributed by atoms with Crippen LogP contribution in [0.3, 0.4) is 0 Å². The number of nitrogens with zero attached hydrogens (tertiary/aromatic N) is 1. The van der Waals surface area contributed by atoms with Gasteiger partial charge in [0.05, 0.1) is 18.9 Å². The molecule has 1 aliphatic rings. The van der Waals surface area contributed by atoms with E-state index in [1.165, 1.54) is 17.2 Å². The third-order valence-electron chi connectivity index (χ3n) is 6.14. The molecule has 3 amide bonds. The summed E-state index contributed by atoms with van der Waals surface area (Å²) in [6, 6.07) is 19.2. The zero-order chi connectivity index (χ0) is 25.3. The quantitative estimate of drug-likeness (QED) is 0.455. The largest absolute Gasteiger partial charge is 0.459 e. The van der Waals surface area contributed by atoms with Gasteiger partial charge in [-0.1, -0.05) is 60.2 Å². The van der Waals surface area contributed by atoms with Crippen LogP contribution in [-0.4, -0.2) is 48.4 Å². The maximum atomic E-state index is 13.6. The first-order valence-corrected chi connectivity index (χ1v) is 12.1. The third-order valence-corrected chi connectivity index (χ3v) is 6.14. The zero-order valence-electron chi connectivity index (χ0n) is 20.3. The van der Waals surface area contributed by atoms with Gasteiger partial charge in [0.1, 0.15) is 6.04 Å². The highest BCUT2D eigenvalue weighted by atomic mass is 16.5. The summed E-state index contributed by atoms with van der Waals surface area (Å²) in [5, 5.41) is 5.59. The lowest BCUT2D eigenvalue weighted by Crippen LogP contribution is -2.48.